The molecular formula is C84H64N4. The zero-order valence-corrected chi connectivity index (χ0v) is 49.8. The van der Waals surface area contributed by atoms with Crippen LogP contribution in [0.25, 0.3) is 113 Å². The van der Waals surface area contributed by atoms with E-state index in [0.29, 0.717) is 0 Å². The van der Waals surface area contributed by atoms with E-state index < -0.39 is 0 Å². The summed E-state index contributed by atoms with van der Waals surface area (Å²) in [6.07, 6.45) is 17.8. The lowest BCUT2D eigenvalue weighted by Gasteiger charge is -2.24. The van der Waals surface area contributed by atoms with Gasteiger partial charge in [-0.3, -0.25) is 0 Å². The number of rotatable bonds is 0. The molecule has 4 heterocycles. The number of hydrogen-bond acceptors (Lipinski definition) is 4. The Morgan fingerprint density at radius 1 is 0.182 bits per heavy atom. The second kappa shape index (κ2) is 22.7. The number of para-hydroxylation sites is 2. The summed E-state index contributed by atoms with van der Waals surface area (Å²) in [7, 11) is 8.62. The standard InChI is InChI=1S/2C23H17N.2C19H15N/c1-24-22-15-13-16-6-2-4-8-19(16)21(22)14-12-18-11-10-17-7-3-5-9-20(17)23(18)24;1-24-22-15-19-8-3-2-7-18(19)14-20(22)13-12-17-11-10-16-6-4-5-9-21(16)23(17)24;1-20-18-9-5-3-7-15(18)10-12-17-16-8-4-2-6-14(16)11-13-19(17)20;1-20-18-9-5-4-6-14(18)10-11-17-12-15-7-2-3-8-16(15)13-19(17)20/h2*2-15H,1H3;2*2-13H,1H3. The topological polar surface area (TPSA) is 13.0 Å². The van der Waals surface area contributed by atoms with E-state index in [2.05, 4.69) is 363 Å². The van der Waals surface area contributed by atoms with Crippen molar-refractivity contribution in [2.24, 2.45) is 0 Å². The highest BCUT2D eigenvalue weighted by Gasteiger charge is 2.22. The Morgan fingerprint density at radius 2 is 0.477 bits per heavy atom. The predicted molar refractivity (Wildman–Crippen MR) is 385 cm³/mol. The molecule has 4 aliphatic rings. The summed E-state index contributed by atoms with van der Waals surface area (Å²) in [4.78, 5) is 9.22. The molecule has 0 saturated heterocycles. The molecule has 4 aliphatic heterocycles. The zero-order valence-electron chi connectivity index (χ0n) is 49.8. The minimum atomic E-state index is 1.25. The highest BCUT2D eigenvalue weighted by Crippen LogP contribution is 2.45. The van der Waals surface area contributed by atoms with E-state index in [1.807, 2.05) is 0 Å². The SMILES string of the molecule is CN1c2cc3ccccc3cc2C=Cc2ccc3ccccc3c21.CN1c2ccc3ccccc3c2C=Cc2ccc3ccccc3c21.CN1c2ccccc2C=Cc2c1ccc1ccccc21.CN1c2ccccc2C=Cc2cc3ccccc3cc21. The smallest absolute Gasteiger partial charge is 0.0561 e. The van der Waals surface area contributed by atoms with Crippen molar-refractivity contribution in [2.45, 2.75) is 0 Å². The Balaban J connectivity index is 0.0000000989. The van der Waals surface area contributed by atoms with E-state index in [1.165, 1.54) is 155 Å². The molecule has 0 bridgehead atoms. The zero-order chi connectivity index (χ0) is 59.2. The van der Waals surface area contributed by atoms with Crippen LogP contribution in [0.3, 0.4) is 0 Å². The minimum absolute atomic E-state index is 1.25. The van der Waals surface area contributed by atoms with E-state index in [0.717, 1.165) is 0 Å². The second-order valence-corrected chi connectivity index (χ2v) is 23.1. The van der Waals surface area contributed by atoms with E-state index in [1.54, 1.807) is 0 Å². The molecule has 18 rings (SSSR count). The van der Waals surface area contributed by atoms with Crippen molar-refractivity contribution in [2.75, 3.05) is 47.8 Å². The van der Waals surface area contributed by atoms with E-state index in [-0.39, 0.29) is 0 Å². The molecule has 0 N–H and O–H groups in total. The average molecular weight is 1130 g/mol. The van der Waals surface area contributed by atoms with Crippen LogP contribution in [0.4, 0.5) is 45.5 Å². The third-order valence-corrected chi connectivity index (χ3v) is 18.0. The van der Waals surface area contributed by atoms with Gasteiger partial charge in [0.1, 0.15) is 0 Å². The fraction of sp³-hybridized carbons (Fsp3) is 0.0476. The summed E-state index contributed by atoms with van der Waals surface area (Å²) in [5.74, 6) is 0. The molecule has 14 aromatic rings. The number of fused-ring (bicyclic) bond motifs is 18. The van der Waals surface area contributed by atoms with Gasteiger partial charge in [0, 0.05) is 84.2 Å². The van der Waals surface area contributed by atoms with Crippen molar-refractivity contribution >= 4 is 159 Å². The van der Waals surface area contributed by atoms with Gasteiger partial charge in [-0.2, -0.15) is 0 Å². The van der Waals surface area contributed by atoms with Crippen LogP contribution in [0.15, 0.2) is 267 Å². The molecule has 4 heteroatoms. The number of hydrogen-bond donors (Lipinski definition) is 0. The lowest BCUT2D eigenvalue weighted by atomic mass is 10.0. The van der Waals surface area contributed by atoms with Gasteiger partial charge in [-0.1, -0.05) is 267 Å². The molecular weight excluding hydrogens is 1060 g/mol. The number of nitrogens with zero attached hydrogens (tertiary/aromatic N) is 4. The van der Waals surface area contributed by atoms with Gasteiger partial charge in [0.05, 0.1) is 11.4 Å². The van der Waals surface area contributed by atoms with Gasteiger partial charge in [0.2, 0.25) is 0 Å². The first kappa shape index (κ1) is 53.5. The van der Waals surface area contributed by atoms with Crippen LogP contribution in [0, 0.1) is 0 Å². The van der Waals surface area contributed by atoms with Crippen LogP contribution in [0.5, 0.6) is 0 Å². The summed E-state index contributed by atoms with van der Waals surface area (Å²) in [6.45, 7) is 0. The van der Waals surface area contributed by atoms with E-state index in [9.17, 15) is 0 Å². The summed E-state index contributed by atoms with van der Waals surface area (Å²) in [5, 5.41) is 15.5. The third-order valence-electron chi connectivity index (χ3n) is 18.0. The van der Waals surface area contributed by atoms with Gasteiger partial charge >= 0.3 is 0 Å². The predicted octanol–water partition coefficient (Wildman–Crippen LogP) is 22.7. The van der Waals surface area contributed by atoms with E-state index in [4.69, 9.17) is 0 Å². The Hall–Kier alpha value is -11.2. The summed E-state index contributed by atoms with van der Waals surface area (Å²) in [6, 6.07) is 95.3. The largest absolute Gasteiger partial charge is 0.344 e. The lowest BCUT2D eigenvalue weighted by molar-refractivity contribution is 1.21. The monoisotopic (exact) mass is 1130 g/mol. The van der Waals surface area contributed by atoms with Gasteiger partial charge in [-0.15, -0.1) is 0 Å². The fourth-order valence-corrected chi connectivity index (χ4v) is 13.5. The molecule has 0 unspecified atom stereocenters. The van der Waals surface area contributed by atoms with Crippen molar-refractivity contribution in [3.05, 3.63) is 311 Å². The van der Waals surface area contributed by atoms with Gasteiger partial charge < -0.3 is 19.6 Å². The minimum Gasteiger partial charge on any atom is -0.344 e. The molecule has 0 spiro atoms. The van der Waals surface area contributed by atoms with Crippen LogP contribution < -0.4 is 19.6 Å². The molecule has 0 fully saturated rings. The number of anilines is 8. The second-order valence-electron chi connectivity index (χ2n) is 23.1. The molecule has 0 atom stereocenters. The van der Waals surface area contributed by atoms with Crippen molar-refractivity contribution in [3.63, 3.8) is 0 Å². The van der Waals surface area contributed by atoms with Gasteiger partial charge in [-0.25, -0.2) is 0 Å². The highest BCUT2D eigenvalue weighted by atomic mass is 15.1. The van der Waals surface area contributed by atoms with E-state index >= 15 is 0 Å². The molecule has 0 radical (unpaired) electrons. The Bertz CT molecular complexity index is 5120. The maximum atomic E-state index is 2.33. The molecule has 420 valence electrons. The quantitative estimate of drug-likeness (QED) is 0.150. The average Bonchev–Trinajstić information content (AvgIpc) is 1.91. The maximum Gasteiger partial charge on any atom is 0.0561 e. The normalized spacial score (nSPS) is 13.0. The maximum absolute atomic E-state index is 2.33. The molecule has 14 aromatic carbocycles. The molecule has 0 aromatic heterocycles. The summed E-state index contributed by atoms with van der Waals surface area (Å²) < 4.78 is 0. The van der Waals surface area contributed by atoms with Crippen LogP contribution in [0.2, 0.25) is 0 Å². The van der Waals surface area contributed by atoms with Crippen molar-refractivity contribution in [1.82, 2.24) is 0 Å². The molecule has 0 saturated carbocycles. The fourth-order valence-electron chi connectivity index (χ4n) is 13.5. The summed E-state index contributed by atoms with van der Waals surface area (Å²) >= 11 is 0. The van der Waals surface area contributed by atoms with Gasteiger partial charge in [-0.05, 0) is 136 Å². The summed E-state index contributed by atoms with van der Waals surface area (Å²) in [5.41, 5.74) is 20.2. The Kier molecular flexibility index (Phi) is 13.8. The van der Waals surface area contributed by atoms with Crippen LogP contribution in [0.1, 0.15) is 44.5 Å². The first-order chi connectivity index (χ1) is 43.3. The van der Waals surface area contributed by atoms with Crippen molar-refractivity contribution < 1.29 is 0 Å². The molecule has 0 aliphatic carbocycles. The van der Waals surface area contributed by atoms with Crippen LogP contribution >= 0.6 is 0 Å². The molecule has 0 amide bonds. The van der Waals surface area contributed by atoms with Crippen LogP contribution in [-0.4, -0.2) is 28.2 Å². The Labute approximate surface area is 515 Å². The third kappa shape index (κ3) is 9.71. The number of benzene rings is 14. The first-order valence-corrected chi connectivity index (χ1v) is 30.3. The molecule has 4 nitrogen and oxygen atoms in total. The Morgan fingerprint density at radius 3 is 0.955 bits per heavy atom. The highest BCUT2D eigenvalue weighted by molar-refractivity contribution is 6.09. The first-order valence-electron chi connectivity index (χ1n) is 30.3. The van der Waals surface area contributed by atoms with Crippen molar-refractivity contribution in [3.8, 4) is 0 Å². The lowest BCUT2D eigenvalue weighted by Crippen LogP contribution is -2.11. The van der Waals surface area contributed by atoms with Gasteiger partial charge in [0.15, 0.2) is 0 Å². The van der Waals surface area contributed by atoms with Crippen LogP contribution in [-0.2, 0) is 0 Å². The molecule has 88 heavy (non-hydrogen) atoms. The van der Waals surface area contributed by atoms with Crippen molar-refractivity contribution in [1.29, 1.82) is 0 Å². The van der Waals surface area contributed by atoms with Gasteiger partial charge in [0.25, 0.3) is 0 Å².